The van der Waals surface area contributed by atoms with Crippen LogP contribution in [0.1, 0.15) is 100 Å². The molecule has 0 bridgehead atoms. The molecule has 5 amide bonds. The molecule has 3 aliphatic heterocycles. The average Bonchev–Trinajstić information content (AvgIpc) is 2.28. The first-order valence-electron chi connectivity index (χ1n) is 28.6. The monoisotopic (exact) mass is 1190 g/mol. The van der Waals surface area contributed by atoms with E-state index in [1.54, 1.807) is 26.3 Å². The largest absolute Gasteiger partial charge is 0.495 e. The summed E-state index contributed by atoms with van der Waals surface area (Å²) < 4.78 is 84.1. The molecule has 21 nitrogen and oxygen atoms in total. The summed E-state index contributed by atoms with van der Waals surface area (Å²) >= 11 is 1.49. The number of carbonyl (C=O) groups is 5. The highest BCUT2D eigenvalue weighted by atomic mass is 32.1. The minimum absolute atomic E-state index is 0.00938. The van der Waals surface area contributed by atoms with Gasteiger partial charge in [0.2, 0.25) is 17.8 Å². The number of methoxy groups -OCH3 is 1. The number of aromatic nitrogens is 3. The maximum Gasteiger partial charge on any atom is 0.342 e. The van der Waals surface area contributed by atoms with Crippen molar-refractivity contribution in [3.8, 4) is 21.9 Å². The Balaban J connectivity index is 0.701. The maximum absolute atomic E-state index is 15.7. The van der Waals surface area contributed by atoms with E-state index in [9.17, 15) is 33.5 Å². The molecule has 4 aromatic rings. The van der Waals surface area contributed by atoms with Crippen LogP contribution in [0.3, 0.4) is 0 Å². The summed E-state index contributed by atoms with van der Waals surface area (Å²) in [5, 5.41) is 22.0. The standard InChI is InChI=1S/C58H75F4N11O10S/c1-34-47(84-33-65-34)35-11-12-36(29-63-51(76)43-26-39(74)31-72(43)52(77)48(56(2,3)4)68-53(78)57(60)15-16-57)45(25-35)83-24-23-82-22-21-81-20-19-71-17-13-37(14-18-71)66-50(75)40-27-46(80-6)42(28-41(40)59)67-55-64-30-44-49(69-55)73(38-9-7-8-10-38)32-58(61,62)54(79)70(44)5/h11-12,25,27-28,30,33,37-39,43,48,74H,7-10,13-24,26,29,31-32H2,1-6H3,(H,63,76)(H,66,75)(H,68,78)(H,64,67,69)/t39?,43?,48-/m1/s1. The first-order chi connectivity index (χ1) is 40.0. The number of fused-ring (bicyclic) bond motifs is 1. The van der Waals surface area contributed by atoms with Gasteiger partial charge in [-0.25, -0.2) is 18.7 Å². The third-order valence-corrected chi connectivity index (χ3v) is 17.1. The minimum atomic E-state index is -3.65. The second-order valence-corrected chi connectivity index (χ2v) is 24.2. The highest BCUT2D eigenvalue weighted by Crippen LogP contribution is 2.42. The third kappa shape index (κ3) is 14.5. The average molecular weight is 1190 g/mol. The molecule has 2 saturated heterocycles. The van der Waals surface area contributed by atoms with Crippen LogP contribution in [0.4, 0.5) is 40.7 Å². The molecule has 4 fully saturated rings. The molecule has 2 unspecified atom stereocenters. The van der Waals surface area contributed by atoms with Gasteiger partial charge in [-0.1, -0.05) is 45.7 Å². The van der Waals surface area contributed by atoms with Crippen molar-refractivity contribution in [3.05, 3.63) is 64.7 Å². The van der Waals surface area contributed by atoms with E-state index in [0.29, 0.717) is 76.5 Å². The van der Waals surface area contributed by atoms with Crippen molar-refractivity contribution in [2.75, 3.05) is 95.0 Å². The number of hydrogen-bond donors (Lipinski definition) is 5. The first-order valence-corrected chi connectivity index (χ1v) is 29.5. The van der Waals surface area contributed by atoms with Crippen molar-refractivity contribution in [3.63, 3.8) is 0 Å². The maximum atomic E-state index is 15.7. The Kier molecular flexibility index (Phi) is 19.3. The molecule has 84 heavy (non-hydrogen) atoms. The first kappa shape index (κ1) is 61.8. The molecule has 26 heteroatoms. The fraction of sp³-hybridized carbons (Fsp3) is 0.586. The highest BCUT2D eigenvalue weighted by molar-refractivity contribution is 7.13. The number of nitrogens with zero attached hydrogens (tertiary/aromatic N) is 7. The predicted molar refractivity (Wildman–Crippen MR) is 305 cm³/mol. The van der Waals surface area contributed by atoms with Crippen molar-refractivity contribution in [1.82, 2.24) is 40.7 Å². The van der Waals surface area contributed by atoms with Crippen LogP contribution in [-0.4, -0.2) is 181 Å². The number of hydrogen-bond acceptors (Lipinski definition) is 17. The SMILES string of the molecule is COc1cc(C(=O)NC2CCN(CCOCCOCCOc3cc(-c4scnc4C)ccc3CNC(=O)C3CC(O)CN3C(=O)[C@@H](NC(=O)C3(F)CC3)C(C)(C)C)CC2)c(F)cc1Nc1ncc2c(n1)N(C1CCCC1)CC(F)(F)C(=O)N2C. The van der Waals surface area contributed by atoms with E-state index in [0.717, 1.165) is 39.9 Å². The molecular weight excluding hydrogens is 1120 g/mol. The smallest absolute Gasteiger partial charge is 0.342 e. The van der Waals surface area contributed by atoms with E-state index in [1.807, 2.05) is 25.1 Å². The number of aliphatic hydroxyl groups is 1. The molecule has 2 aromatic carbocycles. The minimum Gasteiger partial charge on any atom is -0.495 e. The van der Waals surface area contributed by atoms with Gasteiger partial charge < -0.3 is 64.9 Å². The summed E-state index contributed by atoms with van der Waals surface area (Å²) in [6.45, 7) is 9.75. The van der Waals surface area contributed by atoms with Gasteiger partial charge >= 0.3 is 5.92 Å². The Labute approximate surface area is 489 Å². The fourth-order valence-corrected chi connectivity index (χ4v) is 11.9. The number of ether oxygens (including phenoxy) is 4. The number of carbonyl (C=O) groups excluding carboxylic acids is 5. The molecule has 5 aliphatic rings. The number of aryl methyl sites for hydroxylation is 1. The molecule has 2 aromatic heterocycles. The molecule has 0 spiro atoms. The topological polar surface area (TPSA) is 242 Å². The molecule has 3 atom stereocenters. The summed E-state index contributed by atoms with van der Waals surface area (Å²) in [5.41, 5.74) is 1.34. The Morgan fingerprint density at radius 3 is 2.33 bits per heavy atom. The zero-order valence-corrected chi connectivity index (χ0v) is 49.1. The number of benzene rings is 2. The Morgan fingerprint density at radius 1 is 0.940 bits per heavy atom. The van der Waals surface area contributed by atoms with Gasteiger partial charge in [-0.3, -0.25) is 24.0 Å². The Bertz CT molecular complexity index is 3040. The lowest BCUT2D eigenvalue weighted by Crippen LogP contribution is -2.59. The summed E-state index contributed by atoms with van der Waals surface area (Å²) in [6, 6.07) is 5.41. The summed E-state index contributed by atoms with van der Waals surface area (Å²) in [4.78, 5) is 86.6. The van der Waals surface area contributed by atoms with Gasteiger partial charge in [-0.05, 0) is 68.6 Å². The molecule has 5 heterocycles. The normalized spacial score (nSPS) is 20.3. The number of halogens is 4. The van der Waals surface area contributed by atoms with Crippen LogP contribution in [0, 0.1) is 18.2 Å². The molecule has 9 rings (SSSR count). The quantitative estimate of drug-likeness (QED) is 0.0418. The molecule has 456 valence electrons. The summed E-state index contributed by atoms with van der Waals surface area (Å²) in [7, 11) is 2.63. The molecule has 5 N–H and O–H groups in total. The van der Waals surface area contributed by atoms with Crippen LogP contribution >= 0.6 is 11.3 Å². The highest BCUT2D eigenvalue weighted by Gasteiger charge is 2.54. The Morgan fingerprint density at radius 2 is 1.65 bits per heavy atom. The molecule has 2 aliphatic carbocycles. The number of aliphatic hydroxyl groups excluding tert-OH is 1. The van der Waals surface area contributed by atoms with Crippen molar-refractivity contribution in [1.29, 1.82) is 0 Å². The van der Waals surface area contributed by atoms with E-state index in [-0.39, 0.29) is 92.1 Å². The number of alkyl halides is 3. The number of piperidine rings is 1. The van der Waals surface area contributed by atoms with Crippen molar-refractivity contribution >= 4 is 64.0 Å². The van der Waals surface area contributed by atoms with Gasteiger partial charge in [-0.15, -0.1) is 11.3 Å². The van der Waals surface area contributed by atoms with Gasteiger partial charge in [-0.2, -0.15) is 13.8 Å². The lowest BCUT2D eigenvalue weighted by Gasteiger charge is -2.35. The van der Waals surface area contributed by atoms with Crippen molar-refractivity contribution in [2.45, 2.75) is 134 Å². The lowest BCUT2D eigenvalue weighted by molar-refractivity contribution is -0.145. The second kappa shape index (κ2) is 26.3. The fourth-order valence-electron chi connectivity index (χ4n) is 11.1. The van der Waals surface area contributed by atoms with Gasteiger partial charge in [0.1, 0.15) is 41.7 Å². The van der Waals surface area contributed by atoms with Crippen LogP contribution in [0.15, 0.2) is 42.0 Å². The van der Waals surface area contributed by atoms with Gasteiger partial charge in [0.05, 0.1) is 79.7 Å². The number of nitrogens with one attached hydrogen (secondary N) is 4. The van der Waals surface area contributed by atoms with Crippen molar-refractivity contribution in [2.24, 2.45) is 5.41 Å². The van der Waals surface area contributed by atoms with E-state index >= 15 is 13.2 Å². The van der Waals surface area contributed by atoms with E-state index < -0.39 is 77.1 Å². The number of amides is 5. The van der Waals surface area contributed by atoms with Crippen LogP contribution in [0.2, 0.25) is 0 Å². The van der Waals surface area contributed by atoms with Crippen LogP contribution in [-0.2, 0) is 35.2 Å². The number of thiazole rings is 1. The van der Waals surface area contributed by atoms with Gasteiger partial charge in [0.15, 0.2) is 11.5 Å². The molecule has 0 radical (unpaired) electrons. The second-order valence-electron chi connectivity index (χ2n) is 23.3. The van der Waals surface area contributed by atoms with Crippen LogP contribution in [0.5, 0.6) is 11.5 Å². The van der Waals surface area contributed by atoms with Crippen LogP contribution in [0.25, 0.3) is 10.4 Å². The molecule has 2 saturated carbocycles. The van der Waals surface area contributed by atoms with Gasteiger partial charge in [0.25, 0.3) is 17.7 Å². The lowest BCUT2D eigenvalue weighted by atomic mass is 9.85. The Hall–Kier alpha value is -6.74. The summed E-state index contributed by atoms with van der Waals surface area (Å²) in [5.74, 6) is -7.61. The number of rotatable bonds is 23. The number of anilines is 4. The van der Waals surface area contributed by atoms with E-state index in [4.69, 9.17) is 18.9 Å². The zero-order valence-electron chi connectivity index (χ0n) is 48.2. The number of β-amino-alcohol motifs (C(OH)–C–C–N with tert-alkyl or cyclic N) is 1. The van der Waals surface area contributed by atoms with Gasteiger partial charge in [0, 0.05) is 69.9 Å². The third-order valence-electron chi connectivity index (χ3n) is 16.1. The van der Waals surface area contributed by atoms with Crippen LogP contribution < -0.4 is 40.5 Å². The zero-order chi connectivity index (χ0) is 60.1. The summed E-state index contributed by atoms with van der Waals surface area (Å²) in [6.07, 6.45) is 4.78. The number of likely N-dealkylation sites (tertiary alicyclic amines) is 2. The van der Waals surface area contributed by atoms with E-state index in [2.05, 4.69) is 41.1 Å². The van der Waals surface area contributed by atoms with Crippen molar-refractivity contribution < 1.29 is 65.6 Å². The van der Waals surface area contributed by atoms with E-state index in [1.165, 1.54) is 47.6 Å². The molecular formula is C58H75F4N11O10S. The predicted octanol–water partition coefficient (Wildman–Crippen LogP) is 6.08.